The van der Waals surface area contributed by atoms with Crippen LogP contribution in [0.25, 0.3) is 0 Å². The van der Waals surface area contributed by atoms with E-state index in [-0.39, 0.29) is 12.7 Å². The summed E-state index contributed by atoms with van der Waals surface area (Å²) in [6.45, 7) is 4.92. The Morgan fingerprint density at radius 2 is 2.13 bits per heavy atom. The van der Waals surface area contributed by atoms with Crippen LogP contribution < -0.4 is 0 Å². The van der Waals surface area contributed by atoms with Crippen molar-refractivity contribution in [1.82, 2.24) is 4.90 Å². The third-order valence-corrected chi connectivity index (χ3v) is 4.39. The second-order valence-corrected chi connectivity index (χ2v) is 5.86. The summed E-state index contributed by atoms with van der Waals surface area (Å²) < 4.78 is 11.0. The van der Waals surface area contributed by atoms with E-state index in [0.29, 0.717) is 13.0 Å². The van der Waals surface area contributed by atoms with Gasteiger partial charge in [-0.3, -0.25) is 4.90 Å². The van der Waals surface area contributed by atoms with Crippen molar-refractivity contribution in [3.05, 3.63) is 72.7 Å². The minimum absolute atomic E-state index is 0.282. The first-order chi connectivity index (χ1) is 11.2. The molecule has 1 aromatic heterocycles. The first-order valence-corrected chi connectivity index (χ1v) is 7.88. The summed E-state index contributed by atoms with van der Waals surface area (Å²) in [4.78, 5) is 14.3. The predicted molar refractivity (Wildman–Crippen MR) is 87.9 cm³/mol. The van der Waals surface area contributed by atoms with Gasteiger partial charge < -0.3 is 9.15 Å². The van der Waals surface area contributed by atoms with Crippen molar-refractivity contribution in [2.45, 2.75) is 31.4 Å². The summed E-state index contributed by atoms with van der Waals surface area (Å²) in [7, 11) is 0. The van der Waals surface area contributed by atoms with Crippen LogP contribution in [0.15, 0.2) is 65.8 Å². The second kappa shape index (κ2) is 6.73. The highest BCUT2D eigenvalue weighted by molar-refractivity contribution is 5.70. The average molecular weight is 311 g/mol. The summed E-state index contributed by atoms with van der Waals surface area (Å²) in [6, 6.07) is 13.5. The van der Waals surface area contributed by atoms with E-state index in [1.54, 1.807) is 11.2 Å². The summed E-state index contributed by atoms with van der Waals surface area (Å²) in [6.07, 6.45) is 5.65. The van der Waals surface area contributed by atoms with Crippen molar-refractivity contribution in [1.29, 1.82) is 0 Å². The molecule has 4 nitrogen and oxygen atoms in total. The standard InChI is InChI=1S/C19H21NO3/c1-2-19(14-17-10-6-13-22-17)11-7-12-20(19)18(21)23-15-16-8-4-3-5-9-16/h2-6,8-10,13H,1,7,11-12,14-15H2/t19-/m1/s1. The van der Waals surface area contributed by atoms with Gasteiger partial charge in [0.2, 0.25) is 0 Å². The Balaban J connectivity index is 1.69. The summed E-state index contributed by atoms with van der Waals surface area (Å²) in [5.41, 5.74) is 0.557. The number of nitrogens with zero attached hydrogens (tertiary/aromatic N) is 1. The van der Waals surface area contributed by atoms with Crippen LogP contribution in [-0.4, -0.2) is 23.1 Å². The molecular weight excluding hydrogens is 290 g/mol. The van der Waals surface area contributed by atoms with Gasteiger partial charge in [0.15, 0.2) is 0 Å². The lowest BCUT2D eigenvalue weighted by Gasteiger charge is -2.34. The number of hydrogen-bond acceptors (Lipinski definition) is 3. The Kier molecular flexibility index (Phi) is 4.51. The number of benzene rings is 1. The Morgan fingerprint density at radius 1 is 1.30 bits per heavy atom. The molecule has 0 saturated carbocycles. The van der Waals surface area contributed by atoms with Crippen molar-refractivity contribution in [3.63, 3.8) is 0 Å². The first-order valence-electron chi connectivity index (χ1n) is 7.88. The minimum Gasteiger partial charge on any atom is -0.469 e. The maximum atomic E-state index is 12.5. The van der Waals surface area contributed by atoms with Crippen molar-refractivity contribution >= 4 is 6.09 Å². The molecule has 1 aromatic carbocycles. The van der Waals surface area contributed by atoms with Crippen LogP contribution in [0.2, 0.25) is 0 Å². The highest BCUT2D eigenvalue weighted by atomic mass is 16.6. The molecule has 23 heavy (non-hydrogen) atoms. The van der Waals surface area contributed by atoms with Crippen molar-refractivity contribution in [3.8, 4) is 0 Å². The third-order valence-electron chi connectivity index (χ3n) is 4.39. The van der Waals surface area contributed by atoms with Crippen LogP contribution in [0.4, 0.5) is 4.79 Å². The molecule has 1 fully saturated rings. The lowest BCUT2D eigenvalue weighted by Crippen LogP contribution is -2.47. The van der Waals surface area contributed by atoms with Gasteiger partial charge in [-0.2, -0.15) is 0 Å². The normalized spacial score (nSPS) is 20.4. The number of ether oxygens (including phenoxy) is 1. The van der Waals surface area contributed by atoms with Crippen LogP contribution in [0.3, 0.4) is 0 Å². The maximum Gasteiger partial charge on any atom is 0.410 e. The minimum atomic E-state index is -0.425. The van der Waals surface area contributed by atoms with Crippen LogP contribution in [0.5, 0.6) is 0 Å². The number of rotatable bonds is 5. The van der Waals surface area contributed by atoms with Crippen LogP contribution in [0, 0.1) is 0 Å². The molecule has 1 amide bonds. The molecule has 0 radical (unpaired) electrons. The van der Waals surface area contributed by atoms with E-state index in [1.165, 1.54) is 0 Å². The fraction of sp³-hybridized carbons (Fsp3) is 0.316. The van der Waals surface area contributed by atoms with Gasteiger partial charge in [-0.05, 0) is 30.5 Å². The molecule has 2 aromatic rings. The zero-order chi connectivity index (χ0) is 16.1. The topological polar surface area (TPSA) is 42.7 Å². The van der Waals surface area contributed by atoms with Gasteiger partial charge in [0.25, 0.3) is 0 Å². The lowest BCUT2D eigenvalue weighted by molar-refractivity contribution is 0.0765. The van der Waals surface area contributed by atoms with E-state index in [9.17, 15) is 4.79 Å². The summed E-state index contributed by atoms with van der Waals surface area (Å²) >= 11 is 0. The number of hydrogen-bond donors (Lipinski definition) is 0. The zero-order valence-corrected chi connectivity index (χ0v) is 13.1. The van der Waals surface area contributed by atoms with E-state index in [4.69, 9.17) is 9.15 Å². The number of carbonyl (C=O) groups is 1. The highest BCUT2D eigenvalue weighted by Crippen LogP contribution is 2.34. The third kappa shape index (κ3) is 3.31. The van der Waals surface area contributed by atoms with Crippen LogP contribution in [-0.2, 0) is 17.8 Å². The smallest absolute Gasteiger partial charge is 0.410 e. The van der Waals surface area contributed by atoms with Crippen molar-refractivity contribution in [2.75, 3.05) is 6.54 Å². The van der Waals surface area contributed by atoms with Crippen LogP contribution >= 0.6 is 0 Å². The molecule has 0 N–H and O–H groups in total. The largest absolute Gasteiger partial charge is 0.469 e. The lowest BCUT2D eigenvalue weighted by atomic mass is 9.91. The van der Waals surface area contributed by atoms with Gasteiger partial charge >= 0.3 is 6.09 Å². The molecule has 1 saturated heterocycles. The fourth-order valence-electron chi connectivity index (χ4n) is 3.15. The molecule has 0 spiro atoms. The van der Waals surface area contributed by atoms with Crippen LogP contribution in [0.1, 0.15) is 24.2 Å². The molecular formula is C19H21NO3. The molecule has 3 rings (SSSR count). The van der Waals surface area contributed by atoms with Crippen molar-refractivity contribution < 1.29 is 13.9 Å². The second-order valence-electron chi connectivity index (χ2n) is 5.86. The molecule has 0 bridgehead atoms. The number of furan rings is 1. The SMILES string of the molecule is C=C[C@]1(Cc2ccco2)CCCN1C(=O)OCc1ccccc1. The van der Waals surface area contributed by atoms with E-state index in [2.05, 4.69) is 6.58 Å². The Morgan fingerprint density at radius 3 is 2.83 bits per heavy atom. The molecule has 0 aliphatic carbocycles. The molecule has 1 aliphatic rings. The van der Waals surface area contributed by atoms with Gasteiger partial charge in [0.1, 0.15) is 12.4 Å². The molecule has 4 heteroatoms. The van der Waals surface area contributed by atoms with E-state index < -0.39 is 5.54 Å². The first kappa shape index (κ1) is 15.4. The van der Waals surface area contributed by atoms with Gasteiger partial charge in [-0.25, -0.2) is 4.79 Å². The Labute approximate surface area is 136 Å². The summed E-state index contributed by atoms with van der Waals surface area (Å²) in [5, 5.41) is 0. The molecule has 120 valence electrons. The molecule has 2 heterocycles. The Hall–Kier alpha value is -2.49. The summed E-state index contributed by atoms with van der Waals surface area (Å²) in [5.74, 6) is 0.854. The number of likely N-dealkylation sites (tertiary alicyclic amines) is 1. The highest BCUT2D eigenvalue weighted by Gasteiger charge is 2.42. The zero-order valence-electron chi connectivity index (χ0n) is 13.1. The fourth-order valence-corrected chi connectivity index (χ4v) is 3.15. The maximum absolute atomic E-state index is 12.5. The van der Waals surface area contributed by atoms with Gasteiger partial charge in [0, 0.05) is 13.0 Å². The van der Waals surface area contributed by atoms with Gasteiger partial charge in [-0.1, -0.05) is 36.4 Å². The molecule has 0 unspecified atom stereocenters. The molecule has 1 atom stereocenters. The van der Waals surface area contributed by atoms with Crippen molar-refractivity contribution in [2.24, 2.45) is 0 Å². The van der Waals surface area contributed by atoms with Gasteiger partial charge in [-0.15, -0.1) is 6.58 Å². The quantitative estimate of drug-likeness (QED) is 0.778. The van der Waals surface area contributed by atoms with E-state index in [1.807, 2.05) is 48.5 Å². The predicted octanol–water partition coefficient (Wildman–Crippen LogP) is 4.18. The number of carbonyl (C=O) groups excluding carboxylic acids is 1. The Bertz CT molecular complexity index is 651. The van der Waals surface area contributed by atoms with E-state index >= 15 is 0 Å². The van der Waals surface area contributed by atoms with E-state index in [0.717, 1.165) is 24.2 Å². The van der Waals surface area contributed by atoms with Gasteiger partial charge in [0.05, 0.1) is 11.8 Å². The number of amides is 1. The molecule has 1 aliphatic heterocycles. The average Bonchev–Trinajstić information content (AvgIpc) is 3.24. The monoisotopic (exact) mass is 311 g/mol.